The number of nitrogens with zero attached hydrogens (tertiary/aromatic N) is 2. The maximum absolute atomic E-state index is 12.1. The first-order chi connectivity index (χ1) is 9.15. The zero-order chi connectivity index (χ0) is 13.7. The molecule has 0 fully saturated rings. The van der Waals surface area contributed by atoms with Crippen LogP contribution in [0.2, 0.25) is 0 Å². The molecule has 0 saturated carbocycles. The van der Waals surface area contributed by atoms with Crippen LogP contribution in [0.4, 0.5) is 4.79 Å². The zero-order valence-corrected chi connectivity index (χ0v) is 11.6. The lowest BCUT2D eigenvalue weighted by Gasteiger charge is -2.27. The number of aromatic nitrogens is 1. The van der Waals surface area contributed by atoms with E-state index in [1.54, 1.807) is 6.20 Å². The Morgan fingerprint density at radius 2 is 2.42 bits per heavy atom. The van der Waals surface area contributed by atoms with Crippen molar-refractivity contribution in [3.05, 3.63) is 41.7 Å². The molecule has 1 unspecified atom stereocenters. The molecule has 2 rings (SSSR count). The minimum Gasteiger partial charge on any atom is -0.335 e. The number of carbonyl (C=O) groups is 1. The molecule has 19 heavy (non-hydrogen) atoms. The first-order valence-corrected chi connectivity index (χ1v) is 6.75. The molecule has 1 aromatic heterocycles. The van der Waals surface area contributed by atoms with Gasteiger partial charge in [-0.15, -0.1) is 0 Å². The summed E-state index contributed by atoms with van der Waals surface area (Å²) in [6.45, 7) is 5.67. The molecular formula is C15H21N3O. The number of rotatable bonds is 3. The lowest BCUT2D eigenvalue weighted by atomic mass is 10.1. The molecule has 2 amide bonds. The number of urea groups is 1. The van der Waals surface area contributed by atoms with Crippen molar-refractivity contribution in [3.63, 3.8) is 0 Å². The number of nitrogens with one attached hydrogen (secondary N) is 1. The second-order valence-corrected chi connectivity index (χ2v) is 5.16. The summed E-state index contributed by atoms with van der Waals surface area (Å²) in [5.41, 5.74) is 2.51. The van der Waals surface area contributed by atoms with Gasteiger partial charge in [0.2, 0.25) is 0 Å². The molecule has 1 N–H and O–H groups in total. The van der Waals surface area contributed by atoms with E-state index in [9.17, 15) is 4.79 Å². The normalized spacial score (nSPS) is 16.7. The Bertz CT molecular complexity index is 456. The van der Waals surface area contributed by atoms with Crippen LogP contribution in [0.5, 0.6) is 0 Å². The highest BCUT2D eigenvalue weighted by atomic mass is 16.2. The average Bonchev–Trinajstić information content (AvgIpc) is 2.40. The van der Waals surface area contributed by atoms with Crippen molar-refractivity contribution < 1.29 is 4.79 Å². The van der Waals surface area contributed by atoms with Gasteiger partial charge in [-0.2, -0.15) is 0 Å². The van der Waals surface area contributed by atoms with E-state index in [1.165, 1.54) is 5.57 Å². The molecule has 1 aliphatic heterocycles. The van der Waals surface area contributed by atoms with Gasteiger partial charge in [-0.25, -0.2) is 4.79 Å². The Morgan fingerprint density at radius 1 is 1.58 bits per heavy atom. The molecule has 0 saturated heterocycles. The zero-order valence-electron chi connectivity index (χ0n) is 11.6. The van der Waals surface area contributed by atoms with Crippen LogP contribution in [0, 0.1) is 0 Å². The Morgan fingerprint density at radius 3 is 3.05 bits per heavy atom. The highest BCUT2D eigenvalue weighted by Crippen LogP contribution is 2.10. The van der Waals surface area contributed by atoms with Crippen molar-refractivity contribution in [2.24, 2.45) is 0 Å². The molecule has 4 heteroatoms. The second-order valence-electron chi connectivity index (χ2n) is 5.16. The molecule has 4 nitrogen and oxygen atoms in total. The van der Waals surface area contributed by atoms with Gasteiger partial charge >= 0.3 is 6.03 Å². The van der Waals surface area contributed by atoms with Crippen LogP contribution < -0.4 is 5.32 Å². The van der Waals surface area contributed by atoms with Crippen LogP contribution >= 0.6 is 0 Å². The van der Waals surface area contributed by atoms with Gasteiger partial charge in [0.25, 0.3) is 0 Å². The van der Waals surface area contributed by atoms with E-state index < -0.39 is 0 Å². The summed E-state index contributed by atoms with van der Waals surface area (Å²) in [5.74, 6) is 0. The maximum Gasteiger partial charge on any atom is 0.317 e. The van der Waals surface area contributed by atoms with Crippen LogP contribution in [0.15, 0.2) is 36.2 Å². The molecule has 0 aromatic carbocycles. The fraction of sp³-hybridized carbons (Fsp3) is 0.467. The van der Waals surface area contributed by atoms with Crippen LogP contribution in [-0.4, -0.2) is 35.0 Å². The number of hydrogen-bond acceptors (Lipinski definition) is 2. The van der Waals surface area contributed by atoms with E-state index in [0.29, 0.717) is 0 Å². The molecule has 1 atom stereocenters. The fourth-order valence-electron chi connectivity index (χ4n) is 2.18. The molecular weight excluding hydrogens is 238 g/mol. The van der Waals surface area contributed by atoms with E-state index in [1.807, 2.05) is 30.2 Å². The quantitative estimate of drug-likeness (QED) is 0.847. The predicted molar refractivity (Wildman–Crippen MR) is 75.9 cm³/mol. The summed E-state index contributed by atoms with van der Waals surface area (Å²) in [7, 11) is 0. The summed E-state index contributed by atoms with van der Waals surface area (Å²) in [5, 5.41) is 3.04. The SMILES string of the molecule is CC1=CCN(C(=O)NC(C)Cc2cccnc2)CC1. The smallest absolute Gasteiger partial charge is 0.317 e. The summed E-state index contributed by atoms with van der Waals surface area (Å²) < 4.78 is 0. The van der Waals surface area contributed by atoms with Gasteiger partial charge in [0.1, 0.15) is 0 Å². The summed E-state index contributed by atoms with van der Waals surface area (Å²) in [6.07, 6.45) is 7.51. The number of hydrogen-bond donors (Lipinski definition) is 1. The van der Waals surface area contributed by atoms with Gasteiger partial charge in [-0.05, 0) is 38.3 Å². The summed E-state index contributed by atoms with van der Waals surface area (Å²) in [4.78, 5) is 18.0. The largest absolute Gasteiger partial charge is 0.335 e. The minimum absolute atomic E-state index is 0.0279. The molecule has 1 aromatic rings. The minimum atomic E-state index is 0.0279. The highest BCUT2D eigenvalue weighted by molar-refractivity contribution is 5.74. The monoisotopic (exact) mass is 259 g/mol. The summed E-state index contributed by atoms with van der Waals surface area (Å²) >= 11 is 0. The van der Waals surface area contributed by atoms with E-state index in [-0.39, 0.29) is 12.1 Å². The third kappa shape index (κ3) is 4.09. The molecule has 0 spiro atoms. The Labute approximate surface area is 114 Å². The highest BCUT2D eigenvalue weighted by Gasteiger charge is 2.17. The second kappa shape index (κ2) is 6.36. The molecule has 1 aliphatic rings. The first-order valence-electron chi connectivity index (χ1n) is 6.75. The van der Waals surface area contributed by atoms with E-state index in [4.69, 9.17) is 0 Å². The van der Waals surface area contributed by atoms with E-state index in [2.05, 4.69) is 23.3 Å². The van der Waals surface area contributed by atoms with E-state index >= 15 is 0 Å². The lowest BCUT2D eigenvalue weighted by molar-refractivity contribution is 0.198. The topological polar surface area (TPSA) is 45.2 Å². The van der Waals surface area contributed by atoms with Crippen LogP contribution in [0.1, 0.15) is 25.8 Å². The summed E-state index contributed by atoms with van der Waals surface area (Å²) in [6, 6.07) is 4.09. The molecule has 0 aliphatic carbocycles. The molecule has 102 valence electrons. The average molecular weight is 259 g/mol. The van der Waals surface area contributed by atoms with Gasteiger partial charge in [0.15, 0.2) is 0 Å². The van der Waals surface area contributed by atoms with Gasteiger partial charge in [0.05, 0.1) is 0 Å². The Balaban J connectivity index is 1.82. The first kappa shape index (κ1) is 13.6. The van der Waals surface area contributed by atoms with Crippen molar-refractivity contribution in [1.82, 2.24) is 15.2 Å². The van der Waals surface area contributed by atoms with Crippen LogP contribution in [0.3, 0.4) is 0 Å². The Hall–Kier alpha value is -1.84. The predicted octanol–water partition coefficient (Wildman–Crippen LogP) is 2.37. The molecule has 0 radical (unpaired) electrons. The van der Waals surface area contributed by atoms with Crippen molar-refractivity contribution in [1.29, 1.82) is 0 Å². The van der Waals surface area contributed by atoms with Gasteiger partial charge in [-0.1, -0.05) is 17.7 Å². The van der Waals surface area contributed by atoms with Crippen LogP contribution in [-0.2, 0) is 6.42 Å². The lowest BCUT2D eigenvalue weighted by Crippen LogP contribution is -2.46. The molecule has 0 bridgehead atoms. The van der Waals surface area contributed by atoms with Crippen molar-refractivity contribution in [3.8, 4) is 0 Å². The standard InChI is InChI=1S/C15H21N3O/c1-12-5-8-18(9-6-12)15(19)17-13(2)10-14-4-3-7-16-11-14/h3-5,7,11,13H,6,8-10H2,1-2H3,(H,17,19). The Kier molecular flexibility index (Phi) is 4.55. The van der Waals surface area contributed by atoms with Crippen molar-refractivity contribution in [2.45, 2.75) is 32.7 Å². The maximum atomic E-state index is 12.1. The van der Waals surface area contributed by atoms with Gasteiger partial charge < -0.3 is 10.2 Å². The number of amides is 2. The number of carbonyl (C=O) groups excluding carboxylic acids is 1. The number of pyridine rings is 1. The van der Waals surface area contributed by atoms with Crippen molar-refractivity contribution >= 4 is 6.03 Å². The fourth-order valence-corrected chi connectivity index (χ4v) is 2.18. The third-order valence-corrected chi connectivity index (χ3v) is 3.36. The van der Waals surface area contributed by atoms with Crippen LogP contribution in [0.25, 0.3) is 0 Å². The van der Waals surface area contributed by atoms with Gasteiger partial charge in [0, 0.05) is 31.5 Å². The third-order valence-electron chi connectivity index (χ3n) is 3.36. The van der Waals surface area contributed by atoms with E-state index in [0.717, 1.165) is 31.5 Å². The van der Waals surface area contributed by atoms with Crippen molar-refractivity contribution in [2.75, 3.05) is 13.1 Å². The molecule has 2 heterocycles. The van der Waals surface area contributed by atoms with Gasteiger partial charge in [-0.3, -0.25) is 4.98 Å².